The molecule has 0 atom stereocenters. The maximum absolute atomic E-state index is 6.04. The molecule has 0 spiro atoms. The van der Waals surface area contributed by atoms with Crippen molar-refractivity contribution in [3.8, 4) is 0 Å². The number of aliphatic imine (C=N–C) groups is 2. The Hall–Kier alpha value is -1.02. The minimum Gasteiger partial charge on any atom is -0.368 e. The van der Waals surface area contributed by atoms with Crippen LogP contribution in [-0.4, -0.2) is 29.3 Å². The zero-order valence-corrected chi connectivity index (χ0v) is 15.9. The first kappa shape index (κ1) is 18.3. The van der Waals surface area contributed by atoms with Crippen LogP contribution in [0.25, 0.3) is 0 Å². The highest BCUT2D eigenvalue weighted by Gasteiger charge is 2.32. The van der Waals surface area contributed by atoms with Gasteiger partial charge in [0.2, 0.25) is 11.9 Å². The molecule has 0 fully saturated rings. The highest BCUT2D eigenvalue weighted by Crippen LogP contribution is 2.30. The molecule has 0 amide bonds. The zero-order chi connectivity index (χ0) is 17.2. The fourth-order valence-corrected chi connectivity index (χ4v) is 3.22. The lowest BCUT2D eigenvalue weighted by atomic mass is 10.1. The van der Waals surface area contributed by atoms with E-state index in [1.54, 1.807) is 6.07 Å². The van der Waals surface area contributed by atoms with Gasteiger partial charge in [-0.3, -0.25) is 4.84 Å². The Morgan fingerprint density at radius 2 is 1.91 bits per heavy atom. The summed E-state index contributed by atoms with van der Waals surface area (Å²) < 4.78 is 0.920. The lowest BCUT2D eigenvalue weighted by Gasteiger charge is -2.36. The van der Waals surface area contributed by atoms with Crippen LogP contribution in [-0.2, 0) is 11.3 Å². The van der Waals surface area contributed by atoms with E-state index in [2.05, 4.69) is 25.9 Å². The van der Waals surface area contributed by atoms with Crippen molar-refractivity contribution >= 4 is 51.1 Å². The molecule has 23 heavy (non-hydrogen) atoms. The van der Waals surface area contributed by atoms with Crippen molar-refractivity contribution < 1.29 is 4.84 Å². The quantitative estimate of drug-likeness (QED) is 0.562. The number of nitrogens with zero attached hydrogens (tertiary/aromatic N) is 3. The monoisotopic (exact) mass is 421 g/mol. The Labute approximate surface area is 153 Å². The number of guanidine groups is 2. The summed E-state index contributed by atoms with van der Waals surface area (Å²) in [6, 6.07) is 3.63. The van der Waals surface area contributed by atoms with Crippen LogP contribution < -0.4 is 11.5 Å². The maximum atomic E-state index is 6.04. The van der Waals surface area contributed by atoms with E-state index in [1.807, 2.05) is 19.9 Å². The van der Waals surface area contributed by atoms with Crippen molar-refractivity contribution in [2.75, 3.05) is 6.61 Å². The molecule has 0 radical (unpaired) electrons. The second-order valence-corrected chi connectivity index (χ2v) is 7.19. The highest BCUT2D eigenvalue weighted by atomic mass is 79.9. The van der Waals surface area contributed by atoms with Gasteiger partial charge in [-0.2, -0.15) is 10.1 Å². The molecular formula is C14H18BrCl2N5O. The average molecular weight is 423 g/mol. The van der Waals surface area contributed by atoms with E-state index in [1.165, 1.54) is 5.06 Å². The summed E-state index contributed by atoms with van der Waals surface area (Å²) in [4.78, 5) is 13.8. The van der Waals surface area contributed by atoms with Crippen molar-refractivity contribution in [1.82, 2.24) is 5.06 Å². The lowest BCUT2D eigenvalue weighted by molar-refractivity contribution is -0.157. The molecule has 1 aliphatic rings. The van der Waals surface area contributed by atoms with Gasteiger partial charge in [-0.05, 0) is 44.4 Å². The van der Waals surface area contributed by atoms with E-state index in [4.69, 9.17) is 39.5 Å². The van der Waals surface area contributed by atoms with Gasteiger partial charge in [0.15, 0.2) is 5.66 Å². The highest BCUT2D eigenvalue weighted by molar-refractivity contribution is 9.10. The Balaban J connectivity index is 1.91. The van der Waals surface area contributed by atoms with E-state index < -0.39 is 5.66 Å². The minimum absolute atomic E-state index is 0.145. The second kappa shape index (κ2) is 7.25. The van der Waals surface area contributed by atoms with Crippen LogP contribution in [0.3, 0.4) is 0 Å². The Morgan fingerprint density at radius 3 is 2.57 bits per heavy atom. The number of rotatable bonds is 5. The predicted octanol–water partition coefficient (Wildman–Crippen LogP) is 3.30. The second-order valence-electron chi connectivity index (χ2n) is 5.52. The molecule has 1 aliphatic heterocycles. The number of nitrogens with two attached hydrogens (primary N) is 2. The van der Waals surface area contributed by atoms with Crippen molar-refractivity contribution in [2.45, 2.75) is 32.4 Å². The molecule has 1 aromatic carbocycles. The van der Waals surface area contributed by atoms with Gasteiger partial charge in [-0.25, -0.2) is 4.99 Å². The number of benzene rings is 1. The molecule has 0 aromatic heterocycles. The van der Waals surface area contributed by atoms with Crippen molar-refractivity contribution in [3.63, 3.8) is 0 Å². The van der Waals surface area contributed by atoms with Crippen LogP contribution in [0.1, 0.15) is 25.8 Å². The number of aryl methyl sites for hydroxylation is 1. The molecule has 0 unspecified atom stereocenters. The molecule has 9 heteroatoms. The van der Waals surface area contributed by atoms with Crippen LogP contribution in [0.15, 0.2) is 26.6 Å². The molecule has 0 saturated heterocycles. The summed E-state index contributed by atoms with van der Waals surface area (Å²) in [7, 11) is 0. The Bertz CT molecular complexity index is 663. The minimum atomic E-state index is -0.694. The van der Waals surface area contributed by atoms with Crippen molar-refractivity contribution in [2.24, 2.45) is 21.5 Å². The van der Waals surface area contributed by atoms with Gasteiger partial charge in [0.1, 0.15) is 0 Å². The van der Waals surface area contributed by atoms with Crippen LogP contribution in [0, 0.1) is 0 Å². The number of hydrogen-bond acceptors (Lipinski definition) is 6. The molecular weight excluding hydrogens is 405 g/mol. The number of hydrogen-bond donors (Lipinski definition) is 2. The van der Waals surface area contributed by atoms with Crippen LogP contribution in [0.2, 0.25) is 10.0 Å². The topological polar surface area (TPSA) is 89.2 Å². The maximum Gasteiger partial charge on any atom is 0.226 e. The fourth-order valence-electron chi connectivity index (χ4n) is 2.19. The van der Waals surface area contributed by atoms with Crippen molar-refractivity contribution in [3.05, 3.63) is 32.2 Å². The molecule has 0 saturated carbocycles. The average Bonchev–Trinajstić information content (AvgIpc) is 2.41. The van der Waals surface area contributed by atoms with Gasteiger partial charge < -0.3 is 11.5 Å². The number of hydroxylamine groups is 2. The van der Waals surface area contributed by atoms with E-state index >= 15 is 0 Å². The summed E-state index contributed by atoms with van der Waals surface area (Å²) in [5, 5.41) is 2.52. The Morgan fingerprint density at radius 1 is 1.26 bits per heavy atom. The van der Waals surface area contributed by atoms with Crippen molar-refractivity contribution in [1.29, 1.82) is 0 Å². The SMILES string of the molecule is CC1(C)N=C(N)N=C(N)N1OCCCc1cc(Cl)c(Cl)cc1Br. The van der Waals surface area contributed by atoms with E-state index in [0.717, 1.165) is 22.9 Å². The molecule has 1 aromatic rings. The lowest BCUT2D eigenvalue weighted by Crippen LogP contribution is -2.53. The summed E-state index contributed by atoms with van der Waals surface area (Å²) in [6.07, 6.45) is 1.53. The largest absolute Gasteiger partial charge is 0.368 e. The van der Waals surface area contributed by atoms with E-state index in [0.29, 0.717) is 16.7 Å². The van der Waals surface area contributed by atoms with Gasteiger partial charge in [-0.15, -0.1) is 0 Å². The van der Waals surface area contributed by atoms with E-state index in [9.17, 15) is 0 Å². The standard InChI is InChI=1S/C14H18BrCl2N5O/c1-14(2)21-12(18)20-13(19)22(14)23-5-3-4-8-6-10(16)11(17)7-9(8)15/h6-7H,3-5H2,1-2H3,(H4,18,19,20,21). The third kappa shape index (κ3) is 4.50. The molecule has 1 heterocycles. The first-order chi connectivity index (χ1) is 10.7. The molecule has 6 nitrogen and oxygen atoms in total. The number of halogens is 3. The first-order valence-electron chi connectivity index (χ1n) is 6.97. The zero-order valence-electron chi connectivity index (χ0n) is 12.8. The van der Waals surface area contributed by atoms with Crippen LogP contribution in [0.5, 0.6) is 0 Å². The van der Waals surface area contributed by atoms with E-state index in [-0.39, 0.29) is 11.9 Å². The fraction of sp³-hybridized carbons (Fsp3) is 0.429. The third-order valence-corrected chi connectivity index (χ3v) is 4.68. The van der Waals surface area contributed by atoms with Crippen LogP contribution in [0.4, 0.5) is 0 Å². The molecule has 0 aliphatic carbocycles. The smallest absolute Gasteiger partial charge is 0.226 e. The van der Waals surface area contributed by atoms with Gasteiger partial charge in [0, 0.05) is 4.47 Å². The predicted molar refractivity (Wildman–Crippen MR) is 97.6 cm³/mol. The normalized spacial score (nSPS) is 17.0. The summed E-state index contributed by atoms with van der Waals surface area (Å²) >= 11 is 15.5. The van der Waals surface area contributed by atoms with Gasteiger partial charge >= 0.3 is 0 Å². The Kier molecular flexibility index (Phi) is 5.78. The third-order valence-electron chi connectivity index (χ3n) is 3.22. The van der Waals surface area contributed by atoms with Crippen LogP contribution >= 0.6 is 39.1 Å². The van der Waals surface area contributed by atoms with Gasteiger partial charge in [-0.1, -0.05) is 39.1 Å². The molecule has 4 N–H and O–H groups in total. The molecule has 126 valence electrons. The molecule has 2 rings (SSSR count). The van der Waals surface area contributed by atoms with Gasteiger partial charge in [0.05, 0.1) is 16.7 Å². The first-order valence-corrected chi connectivity index (χ1v) is 8.51. The summed E-state index contributed by atoms with van der Waals surface area (Å²) in [6.45, 7) is 4.13. The summed E-state index contributed by atoms with van der Waals surface area (Å²) in [5.74, 6) is 0.338. The molecule has 0 bridgehead atoms. The summed E-state index contributed by atoms with van der Waals surface area (Å²) in [5.41, 5.74) is 11.8. The van der Waals surface area contributed by atoms with Gasteiger partial charge in [0.25, 0.3) is 0 Å².